The summed E-state index contributed by atoms with van der Waals surface area (Å²) in [7, 11) is 0. The van der Waals surface area contributed by atoms with Crippen molar-refractivity contribution in [3.8, 4) is 0 Å². The van der Waals surface area contributed by atoms with Crippen LogP contribution >= 0.6 is 0 Å². The maximum Gasteiger partial charge on any atom is 0.117 e. The van der Waals surface area contributed by atoms with Gasteiger partial charge in [0, 0.05) is 31.3 Å². The molecular formula is C20H26N2O3. The molecule has 0 spiro atoms. The van der Waals surface area contributed by atoms with Gasteiger partial charge in [0.05, 0.1) is 37.8 Å². The van der Waals surface area contributed by atoms with Gasteiger partial charge in [0.15, 0.2) is 0 Å². The highest BCUT2D eigenvalue weighted by atomic mass is 16.5. The number of hydrogen-bond donors (Lipinski definition) is 0. The molecule has 2 aromatic heterocycles. The molecule has 2 saturated heterocycles. The highest BCUT2D eigenvalue weighted by Gasteiger charge is 2.46. The molecule has 25 heavy (non-hydrogen) atoms. The second-order valence-electron chi connectivity index (χ2n) is 7.22. The summed E-state index contributed by atoms with van der Waals surface area (Å²) in [5, 5.41) is 0. The number of rotatable bonds is 6. The van der Waals surface area contributed by atoms with E-state index in [1.54, 1.807) is 6.26 Å². The zero-order valence-electron chi connectivity index (χ0n) is 14.6. The number of fused-ring (bicyclic) bond motifs is 1. The molecule has 0 bridgehead atoms. The number of likely N-dealkylation sites (tertiary alicyclic amines) is 1. The van der Waals surface area contributed by atoms with Crippen molar-refractivity contribution in [1.29, 1.82) is 0 Å². The Bertz CT molecular complexity index is 646. The Kier molecular flexibility index (Phi) is 5.15. The molecule has 2 atom stereocenters. The fourth-order valence-corrected chi connectivity index (χ4v) is 4.19. The highest BCUT2D eigenvalue weighted by Crippen LogP contribution is 2.41. The number of aromatic nitrogens is 1. The van der Waals surface area contributed by atoms with E-state index in [4.69, 9.17) is 13.9 Å². The van der Waals surface area contributed by atoms with Crippen LogP contribution in [0.2, 0.25) is 0 Å². The molecule has 5 heteroatoms. The van der Waals surface area contributed by atoms with Crippen LogP contribution in [0.3, 0.4) is 0 Å². The number of furan rings is 1. The lowest BCUT2D eigenvalue weighted by molar-refractivity contribution is -0.156. The van der Waals surface area contributed by atoms with Gasteiger partial charge in [-0.05, 0) is 43.5 Å². The predicted molar refractivity (Wildman–Crippen MR) is 93.9 cm³/mol. The molecule has 0 radical (unpaired) electrons. The van der Waals surface area contributed by atoms with Crippen LogP contribution in [0.1, 0.15) is 30.7 Å². The third kappa shape index (κ3) is 3.94. The summed E-state index contributed by atoms with van der Waals surface area (Å²) in [6.45, 7) is 5.08. The maximum atomic E-state index is 6.13. The van der Waals surface area contributed by atoms with Crippen LogP contribution < -0.4 is 0 Å². The van der Waals surface area contributed by atoms with Gasteiger partial charge in [-0.25, -0.2) is 0 Å². The topological polar surface area (TPSA) is 47.7 Å². The zero-order valence-corrected chi connectivity index (χ0v) is 14.6. The van der Waals surface area contributed by atoms with Gasteiger partial charge in [-0.3, -0.25) is 9.88 Å². The molecular weight excluding hydrogens is 316 g/mol. The van der Waals surface area contributed by atoms with Gasteiger partial charge in [0.2, 0.25) is 0 Å². The molecule has 2 fully saturated rings. The lowest BCUT2D eigenvalue weighted by Crippen LogP contribution is -2.56. The van der Waals surface area contributed by atoms with Crippen molar-refractivity contribution in [2.24, 2.45) is 5.41 Å². The van der Waals surface area contributed by atoms with Crippen molar-refractivity contribution in [2.75, 3.05) is 26.3 Å². The van der Waals surface area contributed by atoms with E-state index in [2.05, 4.69) is 9.88 Å². The Balaban J connectivity index is 1.40. The fraction of sp³-hybridized carbons (Fsp3) is 0.550. The molecule has 0 saturated carbocycles. The first-order valence-electron chi connectivity index (χ1n) is 9.18. The average molecular weight is 342 g/mol. The van der Waals surface area contributed by atoms with E-state index in [1.807, 2.05) is 36.5 Å². The summed E-state index contributed by atoms with van der Waals surface area (Å²) < 4.78 is 17.8. The second kappa shape index (κ2) is 7.68. The molecule has 2 aliphatic rings. The summed E-state index contributed by atoms with van der Waals surface area (Å²) >= 11 is 0. The average Bonchev–Trinajstić information content (AvgIpc) is 3.15. The van der Waals surface area contributed by atoms with Crippen LogP contribution in [-0.2, 0) is 22.6 Å². The molecule has 0 aromatic carbocycles. The van der Waals surface area contributed by atoms with E-state index in [-0.39, 0.29) is 5.41 Å². The first-order valence-corrected chi connectivity index (χ1v) is 9.18. The monoisotopic (exact) mass is 342 g/mol. The minimum Gasteiger partial charge on any atom is -0.468 e. The van der Waals surface area contributed by atoms with E-state index < -0.39 is 0 Å². The Morgan fingerprint density at radius 3 is 3.12 bits per heavy atom. The van der Waals surface area contributed by atoms with Gasteiger partial charge >= 0.3 is 0 Å². The molecule has 5 nitrogen and oxygen atoms in total. The van der Waals surface area contributed by atoms with E-state index >= 15 is 0 Å². The summed E-state index contributed by atoms with van der Waals surface area (Å²) in [4.78, 5) is 6.83. The van der Waals surface area contributed by atoms with Gasteiger partial charge in [0.1, 0.15) is 5.76 Å². The van der Waals surface area contributed by atoms with Crippen molar-refractivity contribution >= 4 is 0 Å². The third-order valence-electron chi connectivity index (χ3n) is 5.39. The molecule has 4 heterocycles. The molecule has 4 rings (SSSR count). The van der Waals surface area contributed by atoms with Gasteiger partial charge < -0.3 is 13.9 Å². The predicted octanol–water partition coefficient (Wildman–Crippen LogP) is 3.26. The van der Waals surface area contributed by atoms with Gasteiger partial charge in [-0.1, -0.05) is 6.07 Å². The van der Waals surface area contributed by atoms with Crippen LogP contribution in [0, 0.1) is 5.41 Å². The van der Waals surface area contributed by atoms with Crippen LogP contribution in [-0.4, -0.2) is 42.3 Å². The Morgan fingerprint density at radius 2 is 2.28 bits per heavy atom. The van der Waals surface area contributed by atoms with E-state index in [1.165, 1.54) is 0 Å². The summed E-state index contributed by atoms with van der Waals surface area (Å²) in [5.41, 5.74) is 1.06. The number of nitrogens with zero attached hydrogens (tertiary/aromatic N) is 2. The molecule has 0 amide bonds. The van der Waals surface area contributed by atoms with Crippen LogP contribution in [0.25, 0.3) is 0 Å². The minimum absolute atomic E-state index is 0.0812. The highest BCUT2D eigenvalue weighted by molar-refractivity contribution is 5.03. The van der Waals surface area contributed by atoms with Crippen molar-refractivity contribution < 1.29 is 13.9 Å². The fourth-order valence-electron chi connectivity index (χ4n) is 4.19. The van der Waals surface area contributed by atoms with E-state index in [0.717, 1.165) is 63.6 Å². The molecule has 0 aliphatic carbocycles. The lowest BCUT2D eigenvalue weighted by Gasteiger charge is -2.50. The molecule has 2 aliphatic heterocycles. The zero-order chi connectivity index (χ0) is 17.0. The van der Waals surface area contributed by atoms with Crippen molar-refractivity contribution in [2.45, 2.75) is 38.5 Å². The van der Waals surface area contributed by atoms with Crippen LogP contribution in [0.15, 0.2) is 47.2 Å². The first kappa shape index (κ1) is 16.8. The van der Waals surface area contributed by atoms with Gasteiger partial charge in [-0.2, -0.15) is 0 Å². The normalized spacial score (nSPS) is 27.1. The quantitative estimate of drug-likeness (QED) is 0.806. The van der Waals surface area contributed by atoms with Crippen molar-refractivity contribution in [3.63, 3.8) is 0 Å². The first-order chi connectivity index (χ1) is 12.3. The van der Waals surface area contributed by atoms with E-state index in [9.17, 15) is 0 Å². The molecule has 134 valence electrons. The summed E-state index contributed by atoms with van der Waals surface area (Å²) in [5.74, 6) is 1.03. The Hall–Kier alpha value is -1.69. The summed E-state index contributed by atoms with van der Waals surface area (Å²) in [6, 6.07) is 9.95. The van der Waals surface area contributed by atoms with Gasteiger partial charge in [-0.15, -0.1) is 0 Å². The SMILES string of the molecule is c1ccc(COC[C@@]23CCCO[C@@H]2CCN(Cc2ccco2)C3)nc1. The maximum absolute atomic E-state index is 6.13. The standard InChI is InChI=1S/C20H26N2O3/c1-2-9-21-17(5-1)14-23-16-20-8-4-12-25-19(20)7-10-22(15-20)13-18-6-3-11-24-18/h1-3,5-6,9,11,19H,4,7-8,10,12-16H2/t19-,20+/m1/s1. The Morgan fingerprint density at radius 1 is 1.28 bits per heavy atom. The lowest BCUT2D eigenvalue weighted by atomic mass is 9.73. The number of piperidine rings is 1. The van der Waals surface area contributed by atoms with Crippen molar-refractivity contribution in [1.82, 2.24) is 9.88 Å². The number of ether oxygens (including phenoxy) is 2. The second-order valence-corrected chi connectivity index (χ2v) is 7.22. The number of pyridine rings is 1. The third-order valence-corrected chi connectivity index (χ3v) is 5.39. The molecule has 0 unspecified atom stereocenters. The summed E-state index contributed by atoms with van der Waals surface area (Å²) in [6.07, 6.45) is 7.20. The van der Waals surface area contributed by atoms with Crippen LogP contribution in [0.4, 0.5) is 0 Å². The minimum atomic E-state index is 0.0812. The van der Waals surface area contributed by atoms with Crippen molar-refractivity contribution in [3.05, 3.63) is 54.2 Å². The Labute approximate surface area is 148 Å². The largest absolute Gasteiger partial charge is 0.468 e. The molecule has 2 aromatic rings. The van der Waals surface area contributed by atoms with Gasteiger partial charge in [0.25, 0.3) is 0 Å². The van der Waals surface area contributed by atoms with Crippen LogP contribution in [0.5, 0.6) is 0 Å². The van der Waals surface area contributed by atoms with E-state index in [0.29, 0.717) is 12.7 Å². The molecule has 0 N–H and O–H groups in total. The smallest absolute Gasteiger partial charge is 0.117 e. The number of hydrogen-bond acceptors (Lipinski definition) is 5.